The summed E-state index contributed by atoms with van der Waals surface area (Å²) < 4.78 is 11.9. The Balaban J connectivity index is 1.41. The van der Waals surface area contributed by atoms with E-state index in [1.54, 1.807) is 7.11 Å². The standard InChI is InChI=1S/C20H20BrN3O2/c1-25-18-6-5-15-7-8-24(12-16(15)11-18)13-20-22-19(23-26-20)10-14-3-2-4-17(21)9-14/h2-6,9,11H,7-8,10,12-13H2,1H3. The molecule has 0 saturated heterocycles. The number of aromatic nitrogens is 2. The minimum Gasteiger partial charge on any atom is -0.497 e. The Morgan fingerprint density at radius 1 is 1.19 bits per heavy atom. The molecule has 2 aromatic carbocycles. The minimum absolute atomic E-state index is 0.668. The van der Waals surface area contributed by atoms with Gasteiger partial charge in [0, 0.05) is 24.0 Å². The van der Waals surface area contributed by atoms with Crippen molar-refractivity contribution in [2.24, 2.45) is 0 Å². The molecule has 1 aliphatic heterocycles. The molecule has 2 heterocycles. The number of hydrogen-bond acceptors (Lipinski definition) is 5. The lowest BCUT2D eigenvalue weighted by atomic mass is 9.99. The van der Waals surface area contributed by atoms with Gasteiger partial charge in [-0.25, -0.2) is 0 Å². The van der Waals surface area contributed by atoms with Crippen LogP contribution in [0.25, 0.3) is 0 Å². The van der Waals surface area contributed by atoms with Crippen LogP contribution in [0.1, 0.15) is 28.4 Å². The van der Waals surface area contributed by atoms with E-state index < -0.39 is 0 Å². The third-order valence-corrected chi connectivity index (χ3v) is 5.12. The number of methoxy groups -OCH3 is 1. The highest BCUT2D eigenvalue weighted by atomic mass is 79.9. The van der Waals surface area contributed by atoms with E-state index in [0.717, 1.165) is 41.1 Å². The number of benzene rings is 2. The van der Waals surface area contributed by atoms with E-state index >= 15 is 0 Å². The second-order valence-corrected chi connectivity index (χ2v) is 7.42. The van der Waals surface area contributed by atoms with Crippen LogP contribution in [0.2, 0.25) is 0 Å². The molecule has 0 N–H and O–H groups in total. The van der Waals surface area contributed by atoms with E-state index in [2.05, 4.69) is 55.2 Å². The van der Waals surface area contributed by atoms with Gasteiger partial charge in [0.1, 0.15) is 5.75 Å². The number of fused-ring (bicyclic) bond motifs is 1. The highest BCUT2D eigenvalue weighted by Crippen LogP contribution is 2.24. The monoisotopic (exact) mass is 413 g/mol. The summed E-state index contributed by atoms with van der Waals surface area (Å²) in [7, 11) is 1.70. The van der Waals surface area contributed by atoms with Crippen LogP contribution in [-0.4, -0.2) is 28.7 Å². The van der Waals surface area contributed by atoms with Crippen LogP contribution in [0.3, 0.4) is 0 Å². The zero-order chi connectivity index (χ0) is 17.9. The number of nitrogens with zero attached hydrogens (tertiary/aromatic N) is 3. The van der Waals surface area contributed by atoms with E-state index in [1.807, 2.05) is 18.2 Å². The molecule has 0 amide bonds. The van der Waals surface area contributed by atoms with E-state index in [4.69, 9.17) is 9.26 Å². The predicted molar refractivity (Wildman–Crippen MR) is 102 cm³/mol. The highest BCUT2D eigenvalue weighted by Gasteiger charge is 2.19. The van der Waals surface area contributed by atoms with Crippen molar-refractivity contribution in [1.82, 2.24) is 15.0 Å². The molecule has 6 heteroatoms. The predicted octanol–water partition coefficient (Wildman–Crippen LogP) is 3.99. The molecule has 0 atom stereocenters. The van der Waals surface area contributed by atoms with Gasteiger partial charge in [-0.1, -0.05) is 39.3 Å². The van der Waals surface area contributed by atoms with Gasteiger partial charge in [-0.15, -0.1) is 0 Å². The third kappa shape index (κ3) is 3.97. The van der Waals surface area contributed by atoms with Gasteiger partial charge in [-0.05, 0) is 47.4 Å². The molecule has 3 aromatic rings. The van der Waals surface area contributed by atoms with Gasteiger partial charge in [0.15, 0.2) is 5.82 Å². The topological polar surface area (TPSA) is 51.4 Å². The second kappa shape index (κ2) is 7.60. The zero-order valence-corrected chi connectivity index (χ0v) is 16.2. The lowest BCUT2D eigenvalue weighted by Crippen LogP contribution is -2.30. The van der Waals surface area contributed by atoms with Crippen LogP contribution in [0.15, 0.2) is 51.5 Å². The van der Waals surface area contributed by atoms with E-state index in [-0.39, 0.29) is 0 Å². The molecule has 0 aliphatic carbocycles. The van der Waals surface area contributed by atoms with E-state index in [0.29, 0.717) is 18.9 Å². The van der Waals surface area contributed by atoms with Crippen LogP contribution >= 0.6 is 15.9 Å². The number of halogens is 1. The summed E-state index contributed by atoms with van der Waals surface area (Å²) in [5.41, 5.74) is 3.86. The first-order chi connectivity index (χ1) is 12.7. The number of hydrogen-bond donors (Lipinski definition) is 0. The van der Waals surface area contributed by atoms with Gasteiger partial charge in [0.05, 0.1) is 13.7 Å². The second-order valence-electron chi connectivity index (χ2n) is 6.51. The largest absolute Gasteiger partial charge is 0.497 e. The lowest BCUT2D eigenvalue weighted by molar-refractivity contribution is 0.210. The van der Waals surface area contributed by atoms with Crippen molar-refractivity contribution in [3.8, 4) is 5.75 Å². The maximum Gasteiger partial charge on any atom is 0.240 e. The first-order valence-electron chi connectivity index (χ1n) is 8.63. The van der Waals surface area contributed by atoms with E-state index in [9.17, 15) is 0 Å². The molecule has 0 radical (unpaired) electrons. The highest BCUT2D eigenvalue weighted by molar-refractivity contribution is 9.10. The minimum atomic E-state index is 0.668. The van der Waals surface area contributed by atoms with Crippen LogP contribution in [0, 0.1) is 0 Å². The quantitative estimate of drug-likeness (QED) is 0.632. The number of ether oxygens (including phenoxy) is 1. The molecule has 5 nitrogen and oxygen atoms in total. The van der Waals surface area contributed by atoms with Crippen molar-refractivity contribution in [2.75, 3.05) is 13.7 Å². The maximum atomic E-state index is 5.46. The third-order valence-electron chi connectivity index (χ3n) is 4.63. The molecule has 0 fully saturated rings. The molecule has 1 aromatic heterocycles. The molecule has 0 spiro atoms. The summed E-state index contributed by atoms with van der Waals surface area (Å²) in [6.45, 7) is 2.53. The molecule has 1 aliphatic rings. The van der Waals surface area contributed by atoms with Crippen LogP contribution in [-0.2, 0) is 25.9 Å². The molecule has 26 heavy (non-hydrogen) atoms. The van der Waals surface area contributed by atoms with Crippen molar-refractivity contribution in [3.05, 3.63) is 75.3 Å². The fourth-order valence-corrected chi connectivity index (χ4v) is 3.75. The Morgan fingerprint density at radius 3 is 2.96 bits per heavy atom. The molecule has 0 bridgehead atoms. The zero-order valence-electron chi connectivity index (χ0n) is 14.6. The van der Waals surface area contributed by atoms with Crippen molar-refractivity contribution in [2.45, 2.75) is 25.9 Å². The average Bonchev–Trinajstić information content (AvgIpc) is 3.08. The normalized spacial score (nSPS) is 14.2. The Bertz CT molecular complexity index is 910. The van der Waals surface area contributed by atoms with E-state index in [1.165, 1.54) is 11.1 Å². The summed E-state index contributed by atoms with van der Waals surface area (Å²) >= 11 is 3.49. The maximum absolute atomic E-state index is 5.46. The molecule has 4 rings (SSSR count). The fraction of sp³-hybridized carbons (Fsp3) is 0.300. The van der Waals surface area contributed by atoms with Crippen molar-refractivity contribution in [3.63, 3.8) is 0 Å². The molecule has 134 valence electrons. The number of rotatable bonds is 5. The van der Waals surface area contributed by atoms with Crippen molar-refractivity contribution in [1.29, 1.82) is 0 Å². The van der Waals surface area contributed by atoms with Gasteiger partial charge in [-0.3, -0.25) is 4.90 Å². The summed E-state index contributed by atoms with van der Waals surface area (Å²) in [5, 5.41) is 4.13. The van der Waals surface area contributed by atoms with Crippen LogP contribution in [0.4, 0.5) is 0 Å². The Morgan fingerprint density at radius 2 is 2.12 bits per heavy atom. The van der Waals surface area contributed by atoms with Gasteiger partial charge < -0.3 is 9.26 Å². The Hall–Kier alpha value is -2.18. The van der Waals surface area contributed by atoms with Gasteiger partial charge >= 0.3 is 0 Å². The van der Waals surface area contributed by atoms with Crippen molar-refractivity contribution < 1.29 is 9.26 Å². The SMILES string of the molecule is COc1ccc2c(c1)CN(Cc1nc(Cc3cccc(Br)c3)no1)CC2. The van der Waals surface area contributed by atoms with Crippen LogP contribution < -0.4 is 4.74 Å². The Kier molecular flexibility index (Phi) is 5.04. The van der Waals surface area contributed by atoms with Gasteiger partial charge in [0.25, 0.3) is 0 Å². The molecule has 0 saturated carbocycles. The molecular weight excluding hydrogens is 394 g/mol. The molecular formula is C20H20BrN3O2. The lowest BCUT2D eigenvalue weighted by Gasteiger charge is -2.27. The fourth-order valence-electron chi connectivity index (χ4n) is 3.30. The average molecular weight is 414 g/mol. The summed E-state index contributed by atoms with van der Waals surface area (Å²) in [4.78, 5) is 6.89. The van der Waals surface area contributed by atoms with Crippen molar-refractivity contribution >= 4 is 15.9 Å². The smallest absolute Gasteiger partial charge is 0.240 e. The summed E-state index contributed by atoms with van der Waals surface area (Å²) in [5.74, 6) is 2.29. The first kappa shape index (κ1) is 17.2. The van der Waals surface area contributed by atoms with Gasteiger partial charge in [0.2, 0.25) is 5.89 Å². The molecule has 0 unspecified atom stereocenters. The van der Waals surface area contributed by atoms with Gasteiger partial charge in [-0.2, -0.15) is 4.98 Å². The summed E-state index contributed by atoms with van der Waals surface area (Å²) in [6.07, 6.45) is 1.70. The Labute approximate surface area is 161 Å². The first-order valence-corrected chi connectivity index (χ1v) is 9.43. The summed E-state index contributed by atoms with van der Waals surface area (Å²) in [6, 6.07) is 14.5. The van der Waals surface area contributed by atoms with Crippen LogP contribution in [0.5, 0.6) is 5.75 Å².